The SMILES string of the molecule is CCC(CC)CC(=O)c1ccccc1CC=O.CCC(CC)CC(=O)c1ccccc1N.CCC(CC)CC1C(=O)Nc2ccccc21.CCC(CC)Cc1c[nH]c2ccc(O)cc12. The van der Waals surface area contributed by atoms with Gasteiger partial charge in [0, 0.05) is 58.9 Å². The number of amides is 1. The molecule has 0 radical (unpaired) electrons. The predicted octanol–water partition coefficient (Wildman–Crippen LogP) is 14.1. The summed E-state index contributed by atoms with van der Waals surface area (Å²) in [6.07, 6.45) is 15.4. The Labute approximate surface area is 384 Å². The van der Waals surface area contributed by atoms with E-state index < -0.39 is 0 Å². The molecule has 8 nitrogen and oxygen atoms in total. The number of aromatic amines is 1. The Bertz CT molecular complexity index is 2170. The molecule has 5 N–H and O–H groups in total. The number of phenols is 1. The minimum atomic E-state index is 0.0705. The van der Waals surface area contributed by atoms with Gasteiger partial charge >= 0.3 is 0 Å². The summed E-state index contributed by atoms with van der Waals surface area (Å²) in [6, 6.07) is 28.2. The molecule has 8 heteroatoms. The predicted molar refractivity (Wildman–Crippen MR) is 267 cm³/mol. The number of anilines is 2. The lowest BCUT2D eigenvalue weighted by molar-refractivity contribution is -0.117. The second kappa shape index (κ2) is 28.3. The van der Waals surface area contributed by atoms with E-state index in [0.29, 0.717) is 59.6 Å². The maximum Gasteiger partial charge on any atom is 0.232 e. The monoisotopic (exact) mass is 872 g/mol. The number of carbonyl (C=O) groups is 4. The van der Waals surface area contributed by atoms with Gasteiger partial charge in [-0.15, -0.1) is 0 Å². The fraction of sp³-hybridized carbons (Fsp3) is 0.464. The number of benzene rings is 4. The molecule has 1 atom stereocenters. The summed E-state index contributed by atoms with van der Waals surface area (Å²) >= 11 is 0. The van der Waals surface area contributed by atoms with Crippen LogP contribution in [-0.2, 0) is 22.4 Å². The van der Waals surface area contributed by atoms with Gasteiger partial charge in [-0.05, 0) is 89.6 Å². The summed E-state index contributed by atoms with van der Waals surface area (Å²) in [4.78, 5) is 49.8. The Morgan fingerprint density at radius 1 is 0.656 bits per heavy atom. The van der Waals surface area contributed by atoms with E-state index >= 15 is 0 Å². The van der Waals surface area contributed by atoms with Gasteiger partial charge in [-0.1, -0.05) is 161 Å². The minimum absolute atomic E-state index is 0.0705. The largest absolute Gasteiger partial charge is 0.508 e. The van der Waals surface area contributed by atoms with Crippen molar-refractivity contribution in [3.63, 3.8) is 0 Å². The van der Waals surface area contributed by atoms with E-state index in [4.69, 9.17) is 5.73 Å². The first-order valence-corrected chi connectivity index (χ1v) is 24.0. The molecule has 1 amide bonds. The maximum absolute atomic E-state index is 12.2. The standard InChI is InChI=1S/C15H20O2.2C14H19NO.C13H19NO/c1-3-12(4-2)11-15(17)14-8-6-5-7-13(14)9-10-16;1-3-10(4-2)7-11-9-15-14-6-5-12(16)8-13(11)14;1-3-10(4-2)9-12-11-7-5-6-8-13(11)15-14(12)16;1-3-10(4-2)9-13(15)11-7-5-6-8-12(11)14/h5-8,10,12H,3-4,9,11H2,1-2H3;5-6,8-10,15-16H,3-4,7H2,1-2H3;5-8,10,12H,3-4,9H2,1-2H3,(H,15,16);5-8,10H,3-4,9,14H2,1-2H3. The highest BCUT2D eigenvalue weighted by Crippen LogP contribution is 2.37. The van der Waals surface area contributed by atoms with Gasteiger partial charge in [0.1, 0.15) is 12.0 Å². The first-order chi connectivity index (χ1) is 30.9. The van der Waals surface area contributed by atoms with Crippen LogP contribution in [-0.4, -0.2) is 33.9 Å². The number of para-hydroxylation sites is 2. The first-order valence-electron chi connectivity index (χ1n) is 24.0. The van der Waals surface area contributed by atoms with Crippen LogP contribution >= 0.6 is 0 Å². The lowest BCUT2D eigenvalue weighted by Gasteiger charge is -2.16. The molecule has 64 heavy (non-hydrogen) atoms. The van der Waals surface area contributed by atoms with Crippen LogP contribution < -0.4 is 11.1 Å². The van der Waals surface area contributed by atoms with Crippen LogP contribution in [0.3, 0.4) is 0 Å². The molecule has 0 saturated heterocycles. The molecule has 0 spiro atoms. The van der Waals surface area contributed by atoms with E-state index in [1.807, 2.05) is 66.7 Å². The van der Waals surface area contributed by atoms with Gasteiger partial charge in [0.15, 0.2) is 11.6 Å². The number of rotatable bonds is 20. The highest BCUT2D eigenvalue weighted by molar-refractivity contribution is 6.03. The number of aromatic hydroxyl groups is 1. The average Bonchev–Trinajstić information content (AvgIpc) is 3.87. The van der Waals surface area contributed by atoms with Gasteiger partial charge in [-0.2, -0.15) is 0 Å². The van der Waals surface area contributed by atoms with E-state index in [2.05, 4.69) is 78.0 Å². The zero-order chi connectivity index (χ0) is 47.0. The normalized spacial score (nSPS) is 12.8. The summed E-state index contributed by atoms with van der Waals surface area (Å²) in [5.41, 5.74) is 13.2. The molecule has 1 aliphatic rings. The van der Waals surface area contributed by atoms with Crippen LogP contribution in [0.15, 0.2) is 97.2 Å². The molecule has 1 unspecified atom stereocenters. The molecule has 6 rings (SSSR count). The zero-order valence-corrected chi connectivity index (χ0v) is 40.1. The van der Waals surface area contributed by atoms with Gasteiger partial charge in [-0.3, -0.25) is 14.4 Å². The second-order valence-electron chi connectivity index (χ2n) is 17.2. The number of hydrogen-bond donors (Lipinski definition) is 4. The van der Waals surface area contributed by atoms with Crippen molar-refractivity contribution < 1.29 is 24.3 Å². The van der Waals surface area contributed by atoms with Gasteiger partial charge in [0.25, 0.3) is 0 Å². The Kier molecular flexibility index (Phi) is 23.4. The number of hydrogen-bond acceptors (Lipinski definition) is 6. The Morgan fingerprint density at radius 3 is 1.77 bits per heavy atom. The molecule has 5 aromatic rings. The van der Waals surface area contributed by atoms with Crippen molar-refractivity contribution >= 4 is 46.0 Å². The average molecular weight is 872 g/mol. The molecule has 0 saturated carbocycles. The topological polar surface area (TPSA) is 142 Å². The van der Waals surface area contributed by atoms with Crippen molar-refractivity contribution in [2.45, 2.75) is 145 Å². The Hall–Kier alpha value is -5.50. The highest BCUT2D eigenvalue weighted by atomic mass is 16.3. The molecule has 346 valence electrons. The van der Waals surface area contributed by atoms with Crippen molar-refractivity contribution in [2.75, 3.05) is 11.1 Å². The maximum atomic E-state index is 12.2. The van der Waals surface area contributed by atoms with Gasteiger partial charge in [0.2, 0.25) is 5.91 Å². The van der Waals surface area contributed by atoms with Crippen LogP contribution in [0.25, 0.3) is 10.9 Å². The number of phenolic OH excluding ortho intramolecular Hbond substituents is 1. The van der Waals surface area contributed by atoms with Gasteiger partial charge < -0.3 is 25.9 Å². The number of nitrogens with one attached hydrogen (secondary N) is 2. The van der Waals surface area contributed by atoms with Crippen LogP contribution in [0.1, 0.15) is 169 Å². The molecule has 4 aromatic carbocycles. The number of fused-ring (bicyclic) bond motifs is 2. The quantitative estimate of drug-likeness (QED) is 0.0348. The Morgan fingerprint density at radius 2 is 1.19 bits per heavy atom. The second-order valence-corrected chi connectivity index (χ2v) is 17.2. The van der Waals surface area contributed by atoms with E-state index in [1.165, 1.54) is 24.0 Å². The molecule has 0 aliphatic carbocycles. The van der Waals surface area contributed by atoms with Crippen molar-refractivity contribution in [1.29, 1.82) is 0 Å². The lowest BCUT2D eigenvalue weighted by Crippen LogP contribution is -2.15. The van der Waals surface area contributed by atoms with Crippen LogP contribution in [0.2, 0.25) is 0 Å². The van der Waals surface area contributed by atoms with Crippen LogP contribution in [0.4, 0.5) is 11.4 Å². The van der Waals surface area contributed by atoms with Crippen molar-refractivity contribution in [3.8, 4) is 5.75 Å². The molecular weight excluding hydrogens is 795 g/mol. The molecule has 1 aliphatic heterocycles. The van der Waals surface area contributed by atoms with Crippen molar-refractivity contribution in [3.05, 3.63) is 125 Å². The number of nitrogen functional groups attached to an aromatic ring is 1. The molecule has 2 heterocycles. The molecule has 0 bridgehead atoms. The van der Waals surface area contributed by atoms with Crippen LogP contribution in [0, 0.1) is 23.7 Å². The first kappa shape index (κ1) is 52.8. The third kappa shape index (κ3) is 15.9. The van der Waals surface area contributed by atoms with Crippen LogP contribution in [0.5, 0.6) is 5.75 Å². The summed E-state index contributed by atoms with van der Waals surface area (Å²) in [7, 11) is 0. The van der Waals surface area contributed by atoms with Crippen molar-refractivity contribution in [1.82, 2.24) is 4.98 Å². The summed E-state index contributed by atoms with van der Waals surface area (Å²) < 4.78 is 0. The highest BCUT2D eigenvalue weighted by Gasteiger charge is 2.31. The smallest absolute Gasteiger partial charge is 0.232 e. The molecule has 0 fully saturated rings. The number of ketones is 2. The number of carbonyl (C=O) groups excluding carboxylic acids is 4. The number of nitrogens with two attached hydrogens (primary N) is 1. The van der Waals surface area contributed by atoms with E-state index in [1.54, 1.807) is 18.2 Å². The van der Waals surface area contributed by atoms with Gasteiger partial charge in [-0.25, -0.2) is 0 Å². The third-order valence-electron chi connectivity index (χ3n) is 13.2. The summed E-state index contributed by atoms with van der Waals surface area (Å²) in [5.74, 6) is 3.25. The third-order valence-corrected chi connectivity index (χ3v) is 13.2. The summed E-state index contributed by atoms with van der Waals surface area (Å²) in [5, 5.41) is 13.6. The van der Waals surface area contributed by atoms with E-state index in [-0.39, 0.29) is 23.4 Å². The van der Waals surface area contributed by atoms with E-state index in [9.17, 15) is 24.3 Å². The minimum Gasteiger partial charge on any atom is -0.508 e. The number of Topliss-reactive ketones (excluding diaryl/α,β-unsaturated/α-hetero) is 2. The van der Waals surface area contributed by atoms with Crippen molar-refractivity contribution in [2.24, 2.45) is 23.7 Å². The number of H-pyrrole nitrogens is 1. The van der Waals surface area contributed by atoms with Gasteiger partial charge in [0.05, 0.1) is 5.92 Å². The molecular formula is C56H77N3O5. The fourth-order valence-electron chi connectivity index (χ4n) is 8.40. The Balaban J connectivity index is 0.000000227. The number of aldehydes is 1. The lowest BCUT2D eigenvalue weighted by atomic mass is 9.87. The summed E-state index contributed by atoms with van der Waals surface area (Å²) in [6.45, 7) is 17.3. The molecule has 1 aromatic heterocycles. The van der Waals surface area contributed by atoms with E-state index in [0.717, 1.165) is 85.7 Å². The fourth-order valence-corrected chi connectivity index (χ4v) is 8.40. The number of aromatic nitrogens is 1. The zero-order valence-electron chi connectivity index (χ0n) is 40.1.